The molecule has 310 valence electrons. The second-order valence-electron chi connectivity index (χ2n) is 19.7. The van der Waals surface area contributed by atoms with Gasteiger partial charge in [-0.3, -0.25) is 0 Å². The minimum atomic E-state index is -2.20. The van der Waals surface area contributed by atoms with Crippen molar-refractivity contribution >= 4 is 32.6 Å². The molecule has 0 radical (unpaired) electrons. The summed E-state index contributed by atoms with van der Waals surface area (Å²) in [6.45, 7) is 29.8. The van der Waals surface area contributed by atoms with Gasteiger partial charge in [-0.15, -0.1) is 0 Å². The van der Waals surface area contributed by atoms with Gasteiger partial charge >= 0.3 is 0 Å². The van der Waals surface area contributed by atoms with Crippen LogP contribution in [0.15, 0.2) is 60.7 Å². The van der Waals surface area contributed by atoms with Gasteiger partial charge in [0.2, 0.25) is 0 Å². The molecular weight excluding hydrogens is 789 g/mol. The summed E-state index contributed by atoms with van der Waals surface area (Å²) in [7, 11) is -4.35. The van der Waals surface area contributed by atoms with Crippen LogP contribution in [0.2, 0.25) is 36.3 Å². The maximum absolute atomic E-state index is 7.43. The first kappa shape index (κ1) is 45.2. The first-order valence-corrected chi connectivity index (χ1v) is 27.7. The Morgan fingerprint density at radius 1 is 0.818 bits per heavy atom. The highest BCUT2D eigenvalue weighted by atomic mass is 79.9. The maximum Gasteiger partial charge on any atom is 0.192 e. The fourth-order valence-electron chi connectivity index (χ4n) is 7.72. The summed E-state index contributed by atoms with van der Waals surface area (Å²) in [5.74, 6) is 0.812. The highest BCUT2D eigenvalue weighted by molar-refractivity contribution is 9.09. The van der Waals surface area contributed by atoms with Gasteiger partial charge in [-0.1, -0.05) is 132 Å². The molecule has 0 bridgehead atoms. The molecule has 0 amide bonds. The fraction of sp³-hybridized carbons (Fsp3) is 0.733. The number of alkyl halides is 1. The van der Waals surface area contributed by atoms with E-state index in [0.717, 1.165) is 37.9 Å². The first-order chi connectivity index (χ1) is 25.8. The minimum absolute atomic E-state index is 0.00639. The Kier molecular flexibility index (Phi) is 15.6. The molecule has 3 aliphatic heterocycles. The largest absolute Gasteiger partial charge is 0.413 e. The average Bonchev–Trinajstić information content (AvgIpc) is 3.44. The third kappa shape index (κ3) is 11.9. The van der Waals surface area contributed by atoms with Crippen molar-refractivity contribution in [2.45, 2.75) is 184 Å². The first-order valence-electron chi connectivity index (χ1n) is 21.0. The fourth-order valence-corrected chi connectivity index (χ4v) is 11.3. The minimum Gasteiger partial charge on any atom is -0.413 e. The van der Waals surface area contributed by atoms with Crippen LogP contribution < -0.4 is 0 Å². The van der Waals surface area contributed by atoms with Gasteiger partial charge in [0.25, 0.3) is 0 Å². The standard InChI is InChI=1S/C45H73BrO7Si2/c1-31(25-26-47-29-33-19-15-13-16-20-33)42-32(2)27-38(50-42)41(46)39(53-55(11,12)45(6,7)8)28-37-36(52-54(9,10)44(3,4)5)24-23-35-40(49-37)30-48-43(51-35)34-21-17-14-18-22-34/h13-22,31-32,35-43H,23-30H2,1-12H3/t31-,32+,35-,36+,37-,38-,39-,40+,41?,42+,43+/m0/s1. The number of fused-ring (bicyclic) bond motifs is 1. The maximum atomic E-state index is 7.43. The molecule has 3 heterocycles. The summed E-state index contributed by atoms with van der Waals surface area (Å²) >= 11 is 4.26. The third-order valence-corrected chi connectivity index (χ3v) is 23.5. The van der Waals surface area contributed by atoms with Crippen molar-refractivity contribution in [2.24, 2.45) is 11.8 Å². The molecule has 0 N–H and O–H groups in total. The zero-order valence-corrected chi connectivity index (χ0v) is 39.6. The van der Waals surface area contributed by atoms with Crippen molar-refractivity contribution in [1.82, 2.24) is 0 Å². The number of halogens is 1. The lowest BCUT2D eigenvalue weighted by molar-refractivity contribution is -0.271. The van der Waals surface area contributed by atoms with E-state index >= 15 is 0 Å². The van der Waals surface area contributed by atoms with Gasteiger partial charge in [0.05, 0.1) is 54.7 Å². The molecular formula is C45H73BrO7Si2. The summed E-state index contributed by atoms with van der Waals surface area (Å²) in [4.78, 5) is -0.00639. The predicted octanol–water partition coefficient (Wildman–Crippen LogP) is 11.6. The number of hydrogen-bond acceptors (Lipinski definition) is 7. The molecule has 10 heteroatoms. The Balaban J connectivity index is 1.34. The number of ether oxygens (including phenoxy) is 5. The Morgan fingerprint density at radius 2 is 1.45 bits per heavy atom. The van der Waals surface area contributed by atoms with E-state index in [4.69, 9.17) is 32.5 Å². The molecule has 2 aromatic carbocycles. The van der Waals surface area contributed by atoms with E-state index in [1.165, 1.54) is 5.56 Å². The SMILES string of the molecule is C[C@@H]1C[C@@H](C(Br)[C@H](C[C@@H]2O[C@@H]3CO[C@@H](c4ccccc4)O[C@H]3CC[C@H]2O[Si](C)(C)C(C)(C)C)O[Si](C)(C)C(C)(C)C)O[C@@H]1[C@@H](C)CCOCc1ccccc1. The van der Waals surface area contributed by atoms with E-state index in [1.807, 2.05) is 24.3 Å². The van der Waals surface area contributed by atoms with Gasteiger partial charge in [-0.25, -0.2) is 0 Å². The topological polar surface area (TPSA) is 64.6 Å². The van der Waals surface area contributed by atoms with Crippen molar-refractivity contribution in [3.05, 3.63) is 71.8 Å². The molecule has 5 rings (SSSR count). The Hall–Kier alpha value is -0.926. The number of benzene rings is 2. The molecule has 2 aromatic rings. The van der Waals surface area contributed by atoms with Crippen LogP contribution in [0.25, 0.3) is 0 Å². The van der Waals surface area contributed by atoms with Crippen LogP contribution in [0.4, 0.5) is 0 Å². The third-order valence-electron chi connectivity index (χ3n) is 13.3. The van der Waals surface area contributed by atoms with Crippen LogP contribution in [-0.2, 0) is 39.1 Å². The molecule has 3 saturated heterocycles. The van der Waals surface area contributed by atoms with Crippen LogP contribution in [0.5, 0.6) is 0 Å². The van der Waals surface area contributed by atoms with Crippen molar-refractivity contribution < 1.29 is 32.5 Å². The zero-order chi connectivity index (χ0) is 40.2. The molecule has 0 aromatic heterocycles. The van der Waals surface area contributed by atoms with E-state index in [2.05, 4.69) is 134 Å². The molecule has 0 aliphatic carbocycles. The van der Waals surface area contributed by atoms with Crippen LogP contribution in [0.1, 0.15) is 105 Å². The van der Waals surface area contributed by atoms with E-state index in [9.17, 15) is 0 Å². The predicted molar refractivity (Wildman–Crippen MR) is 232 cm³/mol. The second kappa shape index (κ2) is 19.0. The summed E-state index contributed by atoms with van der Waals surface area (Å²) in [6.07, 6.45) is 3.51. The summed E-state index contributed by atoms with van der Waals surface area (Å²) < 4.78 is 48.1. The average molecular weight is 862 g/mol. The van der Waals surface area contributed by atoms with Gasteiger partial charge in [0, 0.05) is 18.6 Å². The quantitative estimate of drug-likeness (QED) is 0.100. The van der Waals surface area contributed by atoms with E-state index < -0.39 is 22.9 Å². The van der Waals surface area contributed by atoms with Gasteiger partial charge in [0.15, 0.2) is 22.9 Å². The Morgan fingerprint density at radius 3 is 2.09 bits per heavy atom. The Labute approximate surface area is 344 Å². The number of rotatable bonds is 15. The van der Waals surface area contributed by atoms with Crippen LogP contribution >= 0.6 is 15.9 Å². The summed E-state index contributed by atoms with van der Waals surface area (Å²) in [5, 5.41) is 0.109. The molecule has 3 aliphatic rings. The summed E-state index contributed by atoms with van der Waals surface area (Å²) in [6, 6.07) is 20.7. The molecule has 7 nitrogen and oxygen atoms in total. The van der Waals surface area contributed by atoms with E-state index in [-0.39, 0.29) is 57.6 Å². The highest BCUT2D eigenvalue weighted by Crippen LogP contribution is 2.45. The van der Waals surface area contributed by atoms with Crippen molar-refractivity contribution in [1.29, 1.82) is 0 Å². The molecule has 0 saturated carbocycles. The lowest BCUT2D eigenvalue weighted by atomic mass is 9.90. The van der Waals surface area contributed by atoms with Gasteiger partial charge in [-0.05, 0) is 79.3 Å². The van der Waals surface area contributed by atoms with E-state index in [0.29, 0.717) is 31.5 Å². The zero-order valence-electron chi connectivity index (χ0n) is 36.0. The smallest absolute Gasteiger partial charge is 0.192 e. The van der Waals surface area contributed by atoms with Crippen molar-refractivity contribution in [3.63, 3.8) is 0 Å². The monoisotopic (exact) mass is 860 g/mol. The molecule has 3 fully saturated rings. The lowest BCUT2D eigenvalue weighted by Crippen LogP contribution is -2.52. The molecule has 1 unspecified atom stereocenters. The van der Waals surface area contributed by atoms with Crippen LogP contribution in [-0.4, -0.2) is 77.4 Å². The lowest BCUT2D eigenvalue weighted by Gasteiger charge is -2.45. The van der Waals surface area contributed by atoms with Crippen molar-refractivity contribution in [3.8, 4) is 0 Å². The molecule has 0 spiro atoms. The van der Waals surface area contributed by atoms with Crippen molar-refractivity contribution in [2.75, 3.05) is 13.2 Å². The second-order valence-corrected chi connectivity index (χ2v) is 30.3. The van der Waals surface area contributed by atoms with Crippen LogP contribution in [0.3, 0.4) is 0 Å². The Bertz CT molecular complexity index is 1450. The number of hydrogen-bond donors (Lipinski definition) is 0. The van der Waals surface area contributed by atoms with Gasteiger partial charge in [-0.2, -0.15) is 0 Å². The summed E-state index contributed by atoms with van der Waals surface area (Å²) in [5.41, 5.74) is 2.25. The van der Waals surface area contributed by atoms with Gasteiger partial charge < -0.3 is 32.5 Å². The normalized spacial score (nSPS) is 30.0. The molecule has 55 heavy (non-hydrogen) atoms. The van der Waals surface area contributed by atoms with Crippen LogP contribution in [0, 0.1) is 11.8 Å². The van der Waals surface area contributed by atoms with E-state index in [1.54, 1.807) is 0 Å². The van der Waals surface area contributed by atoms with Gasteiger partial charge in [0.1, 0.15) is 6.10 Å². The highest BCUT2D eigenvalue weighted by Gasteiger charge is 2.49. The molecule has 11 atom stereocenters.